The lowest BCUT2D eigenvalue weighted by Crippen LogP contribution is -2.32. The van der Waals surface area contributed by atoms with E-state index in [0.29, 0.717) is 5.56 Å². The van der Waals surface area contributed by atoms with Gasteiger partial charge in [0, 0.05) is 5.56 Å². The zero-order chi connectivity index (χ0) is 17.7. The van der Waals surface area contributed by atoms with Gasteiger partial charge in [0.2, 0.25) is 0 Å². The molecule has 1 aromatic rings. The molecule has 0 aliphatic rings. The molecule has 0 atom stereocenters. The minimum absolute atomic E-state index is 0.178. The largest absolute Gasteiger partial charge is 0.481 e. The smallest absolute Gasteiger partial charge is 0.408 e. The van der Waals surface area contributed by atoms with Gasteiger partial charge in [0.1, 0.15) is 5.60 Å². The molecule has 1 aromatic carbocycles. The lowest BCUT2D eigenvalue weighted by molar-refractivity contribution is -0.142. The van der Waals surface area contributed by atoms with Crippen molar-refractivity contribution in [2.24, 2.45) is 0 Å². The third kappa shape index (κ3) is 6.03. The summed E-state index contributed by atoms with van der Waals surface area (Å²) >= 11 is 0. The molecule has 1 amide bonds. The Bertz CT molecular complexity index is 628. The van der Waals surface area contributed by atoms with Gasteiger partial charge >= 0.3 is 12.1 Å². The Morgan fingerprint density at radius 2 is 1.70 bits per heavy atom. The molecular weight excluding hydrogens is 294 g/mol. The SMILES string of the molecule is CC(C)(C)OC(=O)NCC#Cc1ccc(C(C)(C)C(=O)O)cc1. The van der Waals surface area contributed by atoms with E-state index < -0.39 is 23.1 Å². The number of carbonyl (C=O) groups excluding carboxylic acids is 1. The average molecular weight is 317 g/mol. The summed E-state index contributed by atoms with van der Waals surface area (Å²) in [4.78, 5) is 22.6. The zero-order valence-corrected chi connectivity index (χ0v) is 14.2. The summed E-state index contributed by atoms with van der Waals surface area (Å²) in [6.07, 6.45) is -0.509. The molecule has 0 aliphatic heterocycles. The third-order valence-corrected chi connectivity index (χ3v) is 3.09. The van der Waals surface area contributed by atoms with Crippen LogP contribution in [0.4, 0.5) is 4.79 Å². The van der Waals surface area contributed by atoms with Gasteiger partial charge in [-0.25, -0.2) is 4.79 Å². The molecule has 0 bridgehead atoms. The highest BCUT2D eigenvalue weighted by Crippen LogP contribution is 2.23. The molecule has 5 nitrogen and oxygen atoms in total. The average Bonchev–Trinajstić information content (AvgIpc) is 2.42. The first-order chi connectivity index (χ1) is 10.5. The number of nitrogens with one attached hydrogen (secondary N) is 1. The van der Waals surface area contributed by atoms with Gasteiger partial charge in [0.05, 0.1) is 12.0 Å². The summed E-state index contributed by atoms with van der Waals surface area (Å²) in [5.74, 6) is 4.85. The van der Waals surface area contributed by atoms with Gasteiger partial charge in [0.25, 0.3) is 0 Å². The van der Waals surface area contributed by atoms with Crippen LogP contribution in [0.2, 0.25) is 0 Å². The first kappa shape index (κ1) is 18.6. The van der Waals surface area contributed by atoms with Crippen LogP contribution in [0.5, 0.6) is 0 Å². The monoisotopic (exact) mass is 317 g/mol. The molecule has 1 rings (SSSR count). The molecule has 2 N–H and O–H groups in total. The normalized spacial score (nSPS) is 11.2. The Labute approximate surface area is 137 Å². The van der Waals surface area contributed by atoms with E-state index in [1.165, 1.54) is 0 Å². The molecule has 23 heavy (non-hydrogen) atoms. The van der Waals surface area contributed by atoms with E-state index in [2.05, 4.69) is 17.2 Å². The number of ether oxygens (including phenoxy) is 1. The van der Waals surface area contributed by atoms with E-state index in [9.17, 15) is 14.7 Å². The van der Waals surface area contributed by atoms with Crippen molar-refractivity contribution in [3.63, 3.8) is 0 Å². The first-order valence-corrected chi connectivity index (χ1v) is 7.32. The molecule has 5 heteroatoms. The summed E-state index contributed by atoms with van der Waals surface area (Å²) in [5, 5.41) is 11.7. The predicted molar refractivity (Wildman–Crippen MR) is 88.2 cm³/mol. The molecule has 0 saturated heterocycles. The molecule has 0 spiro atoms. The molecule has 0 saturated carbocycles. The van der Waals surface area contributed by atoms with Crippen LogP contribution in [-0.2, 0) is 14.9 Å². The Balaban J connectivity index is 2.61. The highest BCUT2D eigenvalue weighted by atomic mass is 16.6. The number of carbonyl (C=O) groups is 2. The van der Waals surface area contributed by atoms with Crippen molar-refractivity contribution in [2.45, 2.75) is 45.6 Å². The van der Waals surface area contributed by atoms with Crippen LogP contribution in [0.25, 0.3) is 0 Å². The van der Waals surface area contributed by atoms with Crippen molar-refractivity contribution in [1.29, 1.82) is 0 Å². The van der Waals surface area contributed by atoms with Crippen LogP contribution in [0.15, 0.2) is 24.3 Å². The summed E-state index contributed by atoms with van der Waals surface area (Å²) in [6.45, 7) is 8.86. The van der Waals surface area contributed by atoms with E-state index in [1.807, 2.05) is 0 Å². The molecule has 0 aromatic heterocycles. The Morgan fingerprint density at radius 3 is 2.17 bits per heavy atom. The number of hydrogen-bond donors (Lipinski definition) is 2. The fourth-order valence-electron chi connectivity index (χ4n) is 1.67. The van der Waals surface area contributed by atoms with E-state index in [4.69, 9.17) is 4.74 Å². The molecule has 124 valence electrons. The van der Waals surface area contributed by atoms with Crippen LogP contribution in [0.1, 0.15) is 45.7 Å². The van der Waals surface area contributed by atoms with Gasteiger partial charge in [-0.2, -0.15) is 0 Å². The second-order valence-electron chi connectivity index (χ2n) is 6.66. The Kier molecular flexibility index (Phi) is 5.80. The Hall–Kier alpha value is -2.48. The second-order valence-corrected chi connectivity index (χ2v) is 6.66. The van der Waals surface area contributed by atoms with E-state index in [1.54, 1.807) is 58.9 Å². The van der Waals surface area contributed by atoms with Crippen molar-refractivity contribution in [3.05, 3.63) is 35.4 Å². The van der Waals surface area contributed by atoms with Crippen molar-refractivity contribution in [1.82, 2.24) is 5.32 Å². The summed E-state index contributed by atoms with van der Waals surface area (Å²) < 4.78 is 5.09. The van der Waals surface area contributed by atoms with Gasteiger partial charge in [0.15, 0.2) is 0 Å². The van der Waals surface area contributed by atoms with Crippen LogP contribution < -0.4 is 5.32 Å². The number of rotatable bonds is 3. The molecule has 0 unspecified atom stereocenters. The third-order valence-electron chi connectivity index (χ3n) is 3.09. The van der Waals surface area contributed by atoms with Crippen molar-refractivity contribution >= 4 is 12.1 Å². The van der Waals surface area contributed by atoms with Crippen molar-refractivity contribution < 1.29 is 19.4 Å². The lowest BCUT2D eigenvalue weighted by Gasteiger charge is -2.19. The molecule has 0 heterocycles. The quantitative estimate of drug-likeness (QED) is 0.841. The highest BCUT2D eigenvalue weighted by Gasteiger charge is 2.28. The molecule has 0 radical (unpaired) electrons. The highest BCUT2D eigenvalue weighted by molar-refractivity contribution is 5.80. The second kappa shape index (κ2) is 7.19. The predicted octanol–water partition coefficient (Wildman–Crippen LogP) is 2.93. The van der Waals surface area contributed by atoms with Crippen molar-refractivity contribution in [3.8, 4) is 11.8 Å². The zero-order valence-electron chi connectivity index (χ0n) is 14.2. The van der Waals surface area contributed by atoms with Crippen LogP contribution in [0.3, 0.4) is 0 Å². The molecule has 0 aliphatic carbocycles. The number of carboxylic acids is 1. The van der Waals surface area contributed by atoms with Gasteiger partial charge in [-0.3, -0.25) is 4.79 Å². The number of amides is 1. The number of hydrogen-bond acceptors (Lipinski definition) is 3. The van der Waals surface area contributed by atoms with Crippen LogP contribution >= 0.6 is 0 Å². The minimum atomic E-state index is -0.940. The maximum Gasteiger partial charge on any atom is 0.408 e. The van der Waals surface area contributed by atoms with Crippen LogP contribution in [-0.4, -0.2) is 29.3 Å². The van der Waals surface area contributed by atoms with Crippen molar-refractivity contribution in [2.75, 3.05) is 6.54 Å². The standard InChI is InChI=1S/C18H23NO4/c1-17(2,3)23-16(22)19-12-6-7-13-8-10-14(11-9-13)18(4,5)15(20)21/h8-11H,12H2,1-5H3,(H,19,22)(H,20,21). The minimum Gasteiger partial charge on any atom is -0.481 e. The lowest BCUT2D eigenvalue weighted by atomic mass is 9.84. The molecule has 0 fully saturated rings. The van der Waals surface area contributed by atoms with Gasteiger partial charge in [-0.1, -0.05) is 24.0 Å². The van der Waals surface area contributed by atoms with Gasteiger partial charge in [-0.15, -0.1) is 0 Å². The summed E-state index contributed by atoms with van der Waals surface area (Å²) in [7, 11) is 0. The maximum atomic E-state index is 11.4. The van der Waals surface area contributed by atoms with Crippen LogP contribution in [0, 0.1) is 11.8 Å². The Morgan fingerprint density at radius 1 is 1.13 bits per heavy atom. The number of benzene rings is 1. The fourth-order valence-corrected chi connectivity index (χ4v) is 1.67. The summed E-state index contributed by atoms with van der Waals surface area (Å²) in [6, 6.07) is 7.03. The topological polar surface area (TPSA) is 75.6 Å². The first-order valence-electron chi connectivity index (χ1n) is 7.32. The van der Waals surface area contributed by atoms with Gasteiger partial charge in [-0.05, 0) is 52.3 Å². The summed E-state index contributed by atoms with van der Waals surface area (Å²) in [5.41, 5.74) is -0.0162. The van der Waals surface area contributed by atoms with E-state index in [-0.39, 0.29) is 6.54 Å². The number of alkyl carbamates (subject to hydrolysis) is 1. The molecular formula is C18H23NO4. The van der Waals surface area contributed by atoms with E-state index >= 15 is 0 Å². The van der Waals surface area contributed by atoms with Gasteiger partial charge < -0.3 is 15.2 Å². The van der Waals surface area contributed by atoms with E-state index in [0.717, 1.165) is 5.56 Å². The fraction of sp³-hybridized carbons (Fsp3) is 0.444. The maximum absolute atomic E-state index is 11.4. The number of carboxylic acid groups (broad SMARTS) is 1. The number of aliphatic carboxylic acids is 1.